The summed E-state index contributed by atoms with van der Waals surface area (Å²) in [6.45, 7) is 3.03. The van der Waals surface area contributed by atoms with E-state index in [9.17, 15) is 14.7 Å². The van der Waals surface area contributed by atoms with Crippen molar-refractivity contribution in [2.45, 2.75) is 12.6 Å². The van der Waals surface area contributed by atoms with E-state index in [1.807, 2.05) is 65.6 Å². The molecule has 4 rings (SSSR count). The fourth-order valence-corrected chi connectivity index (χ4v) is 3.69. The quantitative estimate of drug-likeness (QED) is 0.662. The second-order valence-electron chi connectivity index (χ2n) is 7.36. The van der Waals surface area contributed by atoms with Crippen molar-refractivity contribution in [3.8, 4) is 11.4 Å². The van der Waals surface area contributed by atoms with E-state index in [0.29, 0.717) is 44.1 Å². The molecular weight excluding hydrogens is 384 g/mol. The third-order valence-corrected chi connectivity index (χ3v) is 5.26. The minimum atomic E-state index is -0.763. The monoisotopic (exact) mass is 408 g/mol. The topological polar surface area (TPSA) is 91.8 Å². The lowest BCUT2D eigenvalue weighted by Gasteiger charge is -2.35. The second kappa shape index (κ2) is 9.06. The molecule has 0 saturated carbocycles. The maximum atomic E-state index is 12.6. The van der Waals surface area contributed by atoms with Gasteiger partial charge in [-0.1, -0.05) is 53.7 Å². The minimum Gasteiger partial charge on any atom is -0.390 e. The first-order chi connectivity index (χ1) is 14.6. The summed E-state index contributed by atoms with van der Waals surface area (Å²) in [4.78, 5) is 28.5. The molecule has 1 fully saturated rings. The number of benzene rings is 2. The van der Waals surface area contributed by atoms with Crippen LogP contribution in [0.4, 0.5) is 0 Å². The van der Waals surface area contributed by atoms with Gasteiger partial charge in [-0.05, 0) is 12.1 Å². The van der Waals surface area contributed by atoms with Crippen molar-refractivity contribution < 1.29 is 14.4 Å². The fourth-order valence-electron chi connectivity index (χ4n) is 3.69. The van der Waals surface area contributed by atoms with Crippen LogP contribution in [-0.2, 0) is 6.54 Å². The van der Waals surface area contributed by atoms with Crippen molar-refractivity contribution in [1.82, 2.24) is 19.5 Å². The Kier molecular flexibility index (Phi) is 6.06. The molecule has 1 aromatic heterocycles. The molecule has 8 nitrogen and oxygen atoms in total. The van der Waals surface area contributed by atoms with E-state index in [4.69, 9.17) is 4.52 Å². The van der Waals surface area contributed by atoms with E-state index in [1.54, 1.807) is 0 Å². The number of aliphatic hydroxyl groups is 1. The van der Waals surface area contributed by atoms with Crippen LogP contribution >= 0.6 is 0 Å². The van der Waals surface area contributed by atoms with E-state index in [-0.39, 0.29) is 12.5 Å². The number of aliphatic hydroxyl groups excluding tert-OH is 1. The average molecular weight is 408 g/mol. The lowest BCUT2D eigenvalue weighted by Crippen LogP contribution is -2.50. The van der Waals surface area contributed by atoms with Crippen LogP contribution in [-0.4, -0.2) is 69.4 Å². The Morgan fingerprint density at radius 2 is 1.60 bits per heavy atom. The van der Waals surface area contributed by atoms with Crippen LogP contribution in [0.15, 0.2) is 70.0 Å². The van der Waals surface area contributed by atoms with Crippen LogP contribution in [0.5, 0.6) is 0 Å². The summed E-state index contributed by atoms with van der Waals surface area (Å²) >= 11 is 0. The number of carbonyl (C=O) groups is 1. The largest absolute Gasteiger partial charge is 0.441 e. The standard InChI is InChI=1S/C22H24N4O4/c27-19(16-26-20(23-30-22(26)29)17-7-3-1-4-8-17)15-24-11-13-25(14-12-24)21(28)18-9-5-2-6-10-18/h1-10,19,27H,11-16H2. The van der Waals surface area contributed by atoms with Crippen molar-refractivity contribution >= 4 is 5.91 Å². The molecule has 0 bridgehead atoms. The van der Waals surface area contributed by atoms with E-state index < -0.39 is 11.9 Å². The number of β-amino-alcohol motifs (C(OH)–C–C–N with tert-alkyl or cyclic N) is 1. The summed E-state index contributed by atoms with van der Waals surface area (Å²) in [6.07, 6.45) is -0.763. The van der Waals surface area contributed by atoms with Gasteiger partial charge >= 0.3 is 5.76 Å². The van der Waals surface area contributed by atoms with Crippen molar-refractivity contribution in [3.05, 3.63) is 76.8 Å². The van der Waals surface area contributed by atoms with Crippen molar-refractivity contribution in [1.29, 1.82) is 0 Å². The average Bonchev–Trinajstić information content (AvgIpc) is 3.15. The highest BCUT2D eigenvalue weighted by molar-refractivity contribution is 5.94. The lowest BCUT2D eigenvalue weighted by molar-refractivity contribution is 0.0495. The molecule has 8 heteroatoms. The summed E-state index contributed by atoms with van der Waals surface area (Å²) in [5.74, 6) is -0.163. The predicted molar refractivity (Wildman–Crippen MR) is 111 cm³/mol. The van der Waals surface area contributed by atoms with Gasteiger partial charge in [0.15, 0.2) is 5.82 Å². The summed E-state index contributed by atoms with van der Waals surface area (Å²) in [7, 11) is 0. The van der Waals surface area contributed by atoms with E-state index in [1.165, 1.54) is 4.57 Å². The van der Waals surface area contributed by atoms with Gasteiger partial charge in [-0.15, -0.1) is 0 Å². The maximum absolute atomic E-state index is 12.6. The second-order valence-corrected chi connectivity index (χ2v) is 7.36. The highest BCUT2D eigenvalue weighted by Crippen LogP contribution is 2.16. The van der Waals surface area contributed by atoms with Gasteiger partial charge < -0.3 is 10.0 Å². The highest BCUT2D eigenvalue weighted by Gasteiger charge is 2.24. The first-order valence-electron chi connectivity index (χ1n) is 9.98. The molecule has 1 aliphatic rings. The first-order valence-corrected chi connectivity index (χ1v) is 9.98. The molecule has 3 aromatic rings. The molecule has 1 aliphatic heterocycles. The van der Waals surface area contributed by atoms with E-state index in [2.05, 4.69) is 10.1 Å². The Morgan fingerprint density at radius 3 is 2.27 bits per heavy atom. The van der Waals surface area contributed by atoms with E-state index in [0.717, 1.165) is 5.56 Å². The van der Waals surface area contributed by atoms with Crippen molar-refractivity contribution in [2.24, 2.45) is 0 Å². The number of amides is 1. The van der Waals surface area contributed by atoms with Crippen molar-refractivity contribution in [2.75, 3.05) is 32.7 Å². The Bertz CT molecular complexity index is 1020. The maximum Gasteiger partial charge on any atom is 0.441 e. The summed E-state index contributed by atoms with van der Waals surface area (Å²) in [5.41, 5.74) is 1.44. The summed E-state index contributed by atoms with van der Waals surface area (Å²) < 4.78 is 6.17. The Morgan fingerprint density at radius 1 is 0.967 bits per heavy atom. The van der Waals surface area contributed by atoms with E-state index >= 15 is 0 Å². The highest BCUT2D eigenvalue weighted by atomic mass is 16.5. The lowest BCUT2D eigenvalue weighted by atomic mass is 10.1. The van der Waals surface area contributed by atoms with Crippen LogP contribution in [0.2, 0.25) is 0 Å². The number of hydrogen-bond acceptors (Lipinski definition) is 6. The molecular formula is C22H24N4O4. The smallest absolute Gasteiger partial charge is 0.390 e. The molecule has 2 aromatic carbocycles. The third kappa shape index (κ3) is 4.50. The van der Waals surface area contributed by atoms with Crippen LogP contribution in [0.1, 0.15) is 10.4 Å². The zero-order chi connectivity index (χ0) is 20.9. The molecule has 0 spiro atoms. The molecule has 2 heterocycles. The van der Waals surface area contributed by atoms with Crippen LogP contribution in [0.3, 0.4) is 0 Å². The van der Waals surface area contributed by atoms with Gasteiger partial charge in [-0.25, -0.2) is 4.79 Å². The molecule has 1 saturated heterocycles. The normalized spacial score (nSPS) is 15.8. The molecule has 1 atom stereocenters. The van der Waals surface area contributed by atoms with Crippen LogP contribution in [0.25, 0.3) is 11.4 Å². The number of hydrogen-bond donors (Lipinski definition) is 1. The molecule has 156 valence electrons. The number of piperazine rings is 1. The van der Waals surface area contributed by atoms with Gasteiger partial charge in [-0.2, -0.15) is 0 Å². The fraction of sp³-hybridized carbons (Fsp3) is 0.318. The summed E-state index contributed by atoms with van der Waals surface area (Å²) in [5, 5.41) is 14.4. The molecule has 0 radical (unpaired) electrons. The first kappa shape index (κ1) is 20.1. The Balaban J connectivity index is 1.33. The van der Waals surface area contributed by atoms with Gasteiger partial charge in [0.25, 0.3) is 5.91 Å². The molecule has 0 aliphatic carbocycles. The molecule has 30 heavy (non-hydrogen) atoms. The van der Waals surface area contributed by atoms with Gasteiger partial charge in [0, 0.05) is 43.9 Å². The van der Waals surface area contributed by atoms with Crippen LogP contribution in [0, 0.1) is 0 Å². The van der Waals surface area contributed by atoms with Gasteiger partial charge in [0.2, 0.25) is 0 Å². The third-order valence-electron chi connectivity index (χ3n) is 5.26. The minimum absolute atomic E-state index is 0.0272. The molecule has 1 unspecified atom stereocenters. The van der Waals surface area contributed by atoms with Crippen molar-refractivity contribution in [3.63, 3.8) is 0 Å². The van der Waals surface area contributed by atoms with Crippen LogP contribution < -0.4 is 5.76 Å². The number of nitrogens with zero attached hydrogens (tertiary/aromatic N) is 4. The SMILES string of the molecule is O=C(c1ccccc1)N1CCN(CC(O)Cn2c(-c3ccccc3)noc2=O)CC1. The number of carbonyl (C=O) groups excluding carboxylic acids is 1. The molecule has 1 N–H and O–H groups in total. The summed E-state index contributed by atoms with van der Waals surface area (Å²) in [6, 6.07) is 18.5. The molecule has 1 amide bonds. The Labute approximate surface area is 173 Å². The van der Waals surface area contributed by atoms with Gasteiger partial charge in [0.05, 0.1) is 12.6 Å². The zero-order valence-corrected chi connectivity index (χ0v) is 16.6. The van der Waals surface area contributed by atoms with Gasteiger partial charge in [0.1, 0.15) is 0 Å². The number of rotatable bonds is 6. The zero-order valence-electron chi connectivity index (χ0n) is 16.6. The number of aromatic nitrogens is 2. The Hall–Kier alpha value is -3.23. The predicted octanol–water partition coefficient (Wildman–Crippen LogP) is 1.32. The van der Waals surface area contributed by atoms with Gasteiger partial charge in [-0.3, -0.25) is 18.8 Å².